The number of non-ortho nitro benzene ring substituents is 1. The summed E-state index contributed by atoms with van der Waals surface area (Å²) >= 11 is 0. The van der Waals surface area contributed by atoms with E-state index in [9.17, 15) is 24.8 Å². The van der Waals surface area contributed by atoms with Gasteiger partial charge in [0.1, 0.15) is 12.4 Å². The van der Waals surface area contributed by atoms with Gasteiger partial charge in [-0.3, -0.25) is 15.0 Å². The van der Waals surface area contributed by atoms with Crippen LogP contribution in [0.15, 0.2) is 53.6 Å². The standard InChI is InChI=1S/C23H27N5O10/c24-26-25-9-11-34-13-15-36-16-14-35-12-10-27(22(29)30)19-3-1-18(2-4-19)17-37-23(31)38-21-7-5-20(6-8-21)28(32)33/h1-8H,9-17H2,(H,29,30). The number of carbonyl (C=O) groups excluding carboxylic acids is 1. The molecule has 204 valence electrons. The van der Waals surface area contributed by atoms with Crippen LogP contribution in [0.2, 0.25) is 0 Å². The fourth-order valence-electron chi connectivity index (χ4n) is 2.86. The summed E-state index contributed by atoms with van der Waals surface area (Å²) in [6, 6.07) is 11.3. The molecule has 2 rings (SSSR count). The predicted octanol–water partition coefficient (Wildman–Crippen LogP) is 4.15. The zero-order valence-electron chi connectivity index (χ0n) is 20.3. The maximum Gasteiger partial charge on any atom is 0.514 e. The van der Waals surface area contributed by atoms with Gasteiger partial charge in [-0.2, -0.15) is 0 Å². The van der Waals surface area contributed by atoms with Crippen molar-refractivity contribution in [1.82, 2.24) is 0 Å². The second-order valence-electron chi connectivity index (χ2n) is 7.28. The van der Waals surface area contributed by atoms with Crippen LogP contribution in [0.5, 0.6) is 5.75 Å². The van der Waals surface area contributed by atoms with Gasteiger partial charge in [-0.25, -0.2) is 9.59 Å². The van der Waals surface area contributed by atoms with E-state index < -0.39 is 17.2 Å². The topological polar surface area (TPSA) is 196 Å². The summed E-state index contributed by atoms with van der Waals surface area (Å²) in [5.41, 5.74) is 9.00. The highest BCUT2D eigenvalue weighted by molar-refractivity contribution is 5.85. The number of carboxylic acid groups (broad SMARTS) is 1. The lowest BCUT2D eigenvalue weighted by atomic mass is 10.2. The van der Waals surface area contributed by atoms with Crippen molar-refractivity contribution in [3.63, 3.8) is 0 Å². The van der Waals surface area contributed by atoms with E-state index in [-0.39, 0.29) is 44.3 Å². The van der Waals surface area contributed by atoms with E-state index >= 15 is 0 Å². The van der Waals surface area contributed by atoms with Gasteiger partial charge in [-0.05, 0) is 35.4 Å². The first-order valence-corrected chi connectivity index (χ1v) is 11.3. The number of hydrogen-bond acceptors (Lipinski definition) is 10. The number of nitro benzene ring substituents is 1. The van der Waals surface area contributed by atoms with Crippen LogP contribution in [0.4, 0.5) is 21.0 Å². The number of nitro groups is 1. The molecule has 15 heteroatoms. The average molecular weight is 533 g/mol. The summed E-state index contributed by atoms with van der Waals surface area (Å²) < 4.78 is 25.9. The fourth-order valence-corrected chi connectivity index (χ4v) is 2.86. The van der Waals surface area contributed by atoms with Gasteiger partial charge in [0.25, 0.3) is 5.69 Å². The normalized spacial score (nSPS) is 10.3. The first kappa shape index (κ1) is 29.8. The molecular weight excluding hydrogens is 506 g/mol. The van der Waals surface area contributed by atoms with Crippen LogP contribution >= 0.6 is 0 Å². The third kappa shape index (κ3) is 11.5. The fraction of sp³-hybridized carbons (Fsp3) is 0.391. The molecule has 2 aromatic rings. The molecule has 0 aliphatic rings. The van der Waals surface area contributed by atoms with Crippen molar-refractivity contribution < 1.29 is 43.3 Å². The van der Waals surface area contributed by atoms with E-state index in [4.69, 9.17) is 29.2 Å². The lowest BCUT2D eigenvalue weighted by Crippen LogP contribution is -2.32. The number of carbonyl (C=O) groups is 2. The van der Waals surface area contributed by atoms with Gasteiger partial charge in [-0.15, -0.1) is 0 Å². The summed E-state index contributed by atoms with van der Waals surface area (Å²) in [4.78, 5) is 37.3. The van der Waals surface area contributed by atoms with Crippen LogP contribution < -0.4 is 9.64 Å². The minimum Gasteiger partial charge on any atom is -0.465 e. The molecule has 0 saturated carbocycles. The molecule has 0 unspecified atom stereocenters. The Bertz CT molecular complexity index is 1080. The average Bonchev–Trinajstić information content (AvgIpc) is 2.91. The molecule has 0 heterocycles. The number of amides is 1. The smallest absolute Gasteiger partial charge is 0.465 e. The second-order valence-corrected chi connectivity index (χ2v) is 7.28. The van der Waals surface area contributed by atoms with Crippen molar-refractivity contribution >= 4 is 23.6 Å². The monoisotopic (exact) mass is 533 g/mol. The molecule has 0 fully saturated rings. The number of anilines is 1. The van der Waals surface area contributed by atoms with Crippen LogP contribution in [0.1, 0.15) is 5.56 Å². The molecule has 1 N–H and O–H groups in total. The van der Waals surface area contributed by atoms with Crippen molar-refractivity contribution in [2.24, 2.45) is 5.11 Å². The quantitative estimate of drug-likeness (QED) is 0.0450. The Hall–Kier alpha value is -4.43. The number of nitrogens with zero attached hydrogens (tertiary/aromatic N) is 5. The van der Waals surface area contributed by atoms with Gasteiger partial charge in [0, 0.05) is 29.3 Å². The Morgan fingerprint density at radius 2 is 1.55 bits per heavy atom. The third-order valence-corrected chi connectivity index (χ3v) is 4.69. The molecule has 0 atom stereocenters. The van der Waals surface area contributed by atoms with Crippen molar-refractivity contribution in [1.29, 1.82) is 0 Å². The third-order valence-electron chi connectivity index (χ3n) is 4.69. The Kier molecular flexibility index (Phi) is 13.4. The van der Waals surface area contributed by atoms with Crippen LogP contribution in [-0.4, -0.2) is 75.0 Å². The number of benzene rings is 2. The molecule has 0 aromatic heterocycles. The van der Waals surface area contributed by atoms with Gasteiger partial charge in [0.05, 0.1) is 51.1 Å². The lowest BCUT2D eigenvalue weighted by Gasteiger charge is -2.19. The van der Waals surface area contributed by atoms with Crippen LogP contribution in [-0.2, 0) is 25.6 Å². The molecule has 2 aromatic carbocycles. The van der Waals surface area contributed by atoms with Crippen LogP contribution in [0.3, 0.4) is 0 Å². The van der Waals surface area contributed by atoms with Crippen molar-refractivity contribution in [3.05, 3.63) is 74.7 Å². The Morgan fingerprint density at radius 3 is 2.13 bits per heavy atom. The molecule has 0 spiro atoms. The van der Waals surface area contributed by atoms with E-state index in [1.54, 1.807) is 24.3 Å². The van der Waals surface area contributed by atoms with Gasteiger partial charge >= 0.3 is 12.2 Å². The highest BCUT2D eigenvalue weighted by atomic mass is 16.7. The van der Waals surface area contributed by atoms with E-state index in [1.165, 1.54) is 24.3 Å². The van der Waals surface area contributed by atoms with E-state index in [1.807, 2.05) is 0 Å². The molecule has 0 aliphatic carbocycles. The van der Waals surface area contributed by atoms with Gasteiger partial charge in [0.15, 0.2) is 0 Å². The van der Waals surface area contributed by atoms with E-state index in [0.717, 1.165) is 4.90 Å². The van der Waals surface area contributed by atoms with E-state index in [0.29, 0.717) is 37.7 Å². The lowest BCUT2D eigenvalue weighted by molar-refractivity contribution is -0.384. The Morgan fingerprint density at radius 1 is 0.947 bits per heavy atom. The predicted molar refractivity (Wildman–Crippen MR) is 132 cm³/mol. The number of ether oxygens (including phenoxy) is 5. The molecule has 0 bridgehead atoms. The Balaban J connectivity index is 1.67. The minimum atomic E-state index is -1.15. The highest BCUT2D eigenvalue weighted by Crippen LogP contribution is 2.19. The molecule has 15 nitrogen and oxygen atoms in total. The van der Waals surface area contributed by atoms with Crippen molar-refractivity contribution in [2.75, 3.05) is 57.6 Å². The Labute approximate surface area is 217 Å². The first-order valence-electron chi connectivity index (χ1n) is 11.3. The number of azide groups is 1. The SMILES string of the molecule is [N-]=[N+]=NCCOCCOCCOCCN(C(=O)O)c1ccc(COC(=O)Oc2ccc([N+](=O)[O-])cc2)cc1. The summed E-state index contributed by atoms with van der Waals surface area (Å²) in [5, 5.41) is 23.5. The first-order chi connectivity index (χ1) is 18.4. The molecule has 0 radical (unpaired) electrons. The zero-order valence-corrected chi connectivity index (χ0v) is 20.3. The minimum absolute atomic E-state index is 0.0924. The summed E-state index contributed by atoms with van der Waals surface area (Å²) in [7, 11) is 0. The van der Waals surface area contributed by atoms with Crippen molar-refractivity contribution in [2.45, 2.75) is 6.61 Å². The van der Waals surface area contributed by atoms with Gasteiger partial charge in [0.2, 0.25) is 0 Å². The molecule has 1 amide bonds. The molecular formula is C23H27N5O10. The van der Waals surface area contributed by atoms with Gasteiger partial charge in [-0.1, -0.05) is 17.2 Å². The summed E-state index contributed by atoms with van der Waals surface area (Å²) in [5.74, 6) is 0.0924. The summed E-state index contributed by atoms with van der Waals surface area (Å²) in [6.45, 7) is 2.00. The highest BCUT2D eigenvalue weighted by Gasteiger charge is 2.15. The maximum atomic E-state index is 11.9. The van der Waals surface area contributed by atoms with Gasteiger partial charge < -0.3 is 28.8 Å². The number of rotatable bonds is 17. The molecule has 0 aliphatic heterocycles. The summed E-state index contributed by atoms with van der Waals surface area (Å²) in [6.07, 6.45) is -2.15. The van der Waals surface area contributed by atoms with E-state index in [2.05, 4.69) is 10.0 Å². The number of hydrogen-bond donors (Lipinski definition) is 1. The largest absolute Gasteiger partial charge is 0.514 e. The van der Waals surface area contributed by atoms with Crippen LogP contribution in [0, 0.1) is 10.1 Å². The maximum absolute atomic E-state index is 11.9. The molecule has 0 saturated heterocycles. The molecule has 38 heavy (non-hydrogen) atoms. The van der Waals surface area contributed by atoms with Crippen molar-refractivity contribution in [3.8, 4) is 5.75 Å². The van der Waals surface area contributed by atoms with Crippen LogP contribution in [0.25, 0.3) is 10.4 Å². The second kappa shape index (κ2) is 17.1. The zero-order chi connectivity index (χ0) is 27.6.